The molecule has 0 bridgehead atoms. The normalized spacial score (nSPS) is 24.8. The zero-order chi connectivity index (χ0) is 69.2. The molecule has 3 aliphatic heterocycles. The van der Waals surface area contributed by atoms with Crippen LogP contribution in [0.25, 0.3) is 0 Å². The molecule has 0 spiro atoms. The Bertz CT molecular complexity index is 4020. The number of esters is 8. The Labute approximate surface area is 569 Å². The van der Waals surface area contributed by atoms with E-state index in [1.54, 1.807) is 146 Å². The summed E-state index contributed by atoms with van der Waals surface area (Å²) in [4.78, 5) is 116. The second kappa shape index (κ2) is 33.3. The Morgan fingerprint density at radius 1 is 0.303 bits per heavy atom. The molecule has 0 unspecified atom stereocenters. The highest BCUT2D eigenvalue weighted by atomic mass is 16.8. The standard InChI is InChI=1S/C77H68O22/c1-4-45-86-75-64(95-72(83)54-39-23-10-24-40-54)63(94-71(82)53-37-21-9-22-38-53)60(57(90-75)46-87-67(78)49-29-13-5-14-30-49)98-76-66(97-74(85)56-43-27-12-28-44-56)62(59(48(3)88-76)92-69(80)51-33-17-7-18-34-51)99-77-65(96-73(84)55-41-25-11-26-42-55)61(93-70(81)52-35-19-8-20-36-52)58(47(2)89-77)91-68(79)50-31-15-6-16-32-50/h4-44,47-48,57-66,75-77H,1,45-46H2,2-3H3/t47-,48-,57-,58-,59-,60+,61+,62+,63+,64-,65+,66+,75+,76-,77-/m1/s1. The van der Waals surface area contributed by atoms with E-state index in [-0.39, 0.29) is 51.1 Å². The third-order valence-electron chi connectivity index (χ3n) is 16.2. The number of benzene rings is 8. The third kappa shape index (κ3) is 17.4. The van der Waals surface area contributed by atoms with E-state index < -0.39 is 146 Å². The summed E-state index contributed by atoms with van der Waals surface area (Å²) in [6.07, 6.45) is -25.1. The summed E-state index contributed by atoms with van der Waals surface area (Å²) < 4.78 is 91.3. The SMILES string of the molecule is C=CCO[C@H]1O[C@H](COC(=O)c2ccccc2)[C@H](O[C@H]2O[C@H](C)[C@@H](OC(=O)c3ccccc3)[C@H](O[C@H]3O[C@H](C)[C@@H](OC(=O)c4ccccc4)[C@H](OC(=O)c4ccccc4)[C@@H]3OC(=O)c3ccccc3)[C@@H]2OC(=O)c2ccccc2)[C@H](OC(=O)c2ccccc2)[C@H]1OC(=O)c1ccccc1. The molecule has 11 rings (SSSR count). The highest BCUT2D eigenvalue weighted by molar-refractivity contribution is 5.93. The maximum atomic E-state index is 15.1. The van der Waals surface area contributed by atoms with Gasteiger partial charge in [0.25, 0.3) is 0 Å². The predicted octanol–water partition coefficient (Wildman–Crippen LogP) is 10.6. The lowest BCUT2D eigenvalue weighted by atomic mass is 9.95. The van der Waals surface area contributed by atoms with Gasteiger partial charge in [0.05, 0.1) is 63.3 Å². The second-order valence-electron chi connectivity index (χ2n) is 22.9. The van der Waals surface area contributed by atoms with Gasteiger partial charge < -0.3 is 66.3 Å². The minimum absolute atomic E-state index is 0.00410. The molecular weight excluding hydrogens is 1280 g/mol. The van der Waals surface area contributed by atoms with Crippen LogP contribution in [-0.4, -0.2) is 153 Å². The topological polar surface area (TPSA) is 266 Å². The van der Waals surface area contributed by atoms with Crippen molar-refractivity contribution >= 4 is 47.8 Å². The number of carbonyl (C=O) groups excluding carboxylic acids is 8. The Kier molecular flexibility index (Phi) is 23.3. The Morgan fingerprint density at radius 3 is 0.859 bits per heavy atom. The van der Waals surface area contributed by atoms with Crippen LogP contribution in [0.5, 0.6) is 0 Å². The molecule has 3 fully saturated rings. The number of ether oxygens (including phenoxy) is 14. The summed E-state index contributed by atoms with van der Waals surface area (Å²) in [6, 6.07) is 62.6. The number of rotatable bonds is 24. The summed E-state index contributed by atoms with van der Waals surface area (Å²) in [6.45, 7) is 5.80. The molecule has 508 valence electrons. The van der Waals surface area contributed by atoms with Crippen molar-refractivity contribution in [1.82, 2.24) is 0 Å². The van der Waals surface area contributed by atoms with E-state index in [0.29, 0.717) is 0 Å². The first kappa shape index (κ1) is 69.4. The largest absolute Gasteiger partial charge is 0.459 e. The Morgan fingerprint density at radius 2 is 0.545 bits per heavy atom. The maximum Gasteiger partial charge on any atom is 0.338 e. The fraction of sp³-hybridized carbons (Fsp3) is 0.247. The fourth-order valence-electron chi connectivity index (χ4n) is 11.2. The molecule has 3 aliphatic rings. The van der Waals surface area contributed by atoms with Crippen molar-refractivity contribution in [3.05, 3.63) is 300 Å². The summed E-state index contributed by atoms with van der Waals surface area (Å²) >= 11 is 0. The van der Waals surface area contributed by atoms with Gasteiger partial charge in [0, 0.05) is 0 Å². The summed E-state index contributed by atoms with van der Waals surface area (Å²) in [5, 5.41) is 0. The van der Waals surface area contributed by atoms with Gasteiger partial charge in [-0.25, -0.2) is 38.4 Å². The van der Waals surface area contributed by atoms with Crippen molar-refractivity contribution in [3.8, 4) is 0 Å². The van der Waals surface area contributed by atoms with Crippen LogP contribution >= 0.6 is 0 Å². The van der Waals surface area contributed by atoms with Gasteiger partial charge in [-0.05, 0) is 111 Å². The molecule has 0 radical (unpaired) electrons. The zero-order valence-corrected chi connectivity index (χ0v) is 53.4. The van der Waals surface area contributed by atoms with E-state index in [4.69, 9.17) is 66.3 Å². The van der Waals surface area contributed by atoms with Crippen LogP contribution in [0.4, 0.5) is 0 Å². The molecule has 0 saturated carbocycles. The van der Waals surface area contributed by atoms with Gasteiger partial charge in [-0.2, -0.15) is 0 Å². The van der Waals surface area contributed by atoms with Gasteiger partial charge in [-0.3, -0.25) is 0 Å². The monoisotopic (exact) mass is 1340 g/mol. The molecule has 0 amide bonds. The second-order valence-corrected chi connectivity index (χ2v) is 22.9. The van der Waals surface area contributed by atoms with Crippen molar-refractivity contribution < 1.29 is 105 Å². The first-order chi connectivity index (χ1) is 48.2. The lowest BCUT2D eigenvalue weighted by Crippen LogP contribution is -2.68. The molecule has 8 aromatic carbocycles. The van der Waals surface area contributed by atoms with Gasteiger partial charge >= 0.3 is 47.8 Å². The Hall–Kier alpha value is -11.0. The van der Waals surface area contributed by atoms with Gasteiger partial charge in [0.2, 0.25) is 0 Å². The smallest absolute Gasteiger partial charge is 0.338 e. The van der Waals surface area contributed by atoms with Crippen molar-refractivity contribution in [2.75, 3.05) is 13.2 Å². The third-order valence-corrected chi connectivity index (χ3v) is 16.2. The van der Waals surface area contributed by atoms with E-state index in [1.807, 2.05) is 0 Å². The van der Waals surface area contributed by atoms with E-state index in [0.717, 1.165) is 0 Å². The summed E-state index contributed by atoms with van der Waals surface area (Å²) in [5.74, 6) is -7.58. The highest BCUT2D eigenvalue weighted by Gasteiger charge is 2.60. The van der Waals surface area contributed by atoms with Gasteiger partial charge in [0.15, 0.2) is 61.6 Å². The average Bonchev–Trinajstić information content (AvgIpc) is 0.763. The lowest BCUT2D eigenvalue weighted by Gasteiger charge is -2.50. The van der Waals surface area contributed by atoms with Gasteiger partial charge in [0.1, 0.15) is 24.9 Å². The average molecular weight is 1350 g/mol. The van der Waals surface area contributed by atoms with Crippen molar-refractivity contribution in [3.63, 3.8) is 0 Å². The molecule has 3 saturated heterocycles. The molecule has 15 atom stereocenters. The van der Waals surface area contributed by atoms with E-state index in [2.05, 4.69) is 6.58 Å². The Balaban J connectivity index is 1.07. The van der Waals surface area contributed by atoms with E-state index in [9.17, 15) is 33.6 Å². The molecule has 22 nitrogen and oxygen atoms in total. The number of hydrogen-bond acceptors (Lipinski definition) is 22. The summed E-state index contributed by atoms with van der Waals surface area (Å²) in [7, 11) is 0. The van der Waals surface area contributed by atoms with Crippen LogP contribution in [0.2, 0.25) is 0 Å². The molecule has 8 aromatic rings. The molecule has 0 N–H and O–H groups in total. The van der Waals surface area contributed by atoms with E-state index in [1.165, 1.54) is 117 Å². The lowest BCUT2D eigenvalue weighted by molar-refractivity contribution is -0.373. The molecule has 3 heterocycles. The van der Waals surface area contributed by atoms with Crippen LogP contribution in [0, 0.1) is 0 Å². The van der Waals surface area contributed by atoms with Crippen LogP contribution in [0.3, 0.4) is 0 Å². The van der Waals surface area contributed by atoms with Crippen LogP contribution in [0.15, 0.2) is 255 Å². The quantitative estimate of drug-likeness (QED) is 0.0309. The minimum atomic E-state index is -2.04. The molecule has 0 aromatic heterocycles. The fourth-order valence-corrected chi connectivity index (χ4v) is 11.2. The minimum Gasteiger partial charge on any atom is -0.459 e. The maximum absolute atomic E-state index is 15.1. The summed E-state index contributed by atoms with van der Waals surface area (Å²) in [5.41, 5.74) is 0.368. The van der Waals surface area contributed by atoms with Crippen molar-refractivity contribution in [2.45, 2.75) is 106 Å². The first-order valence-electron chi connectivity index (χ1n) is 31.8. The highest BCUT2D eigenvalue weighted by Crippen LogP contribution is 2.40. The zero-order valence-electron chi connectivity index (χ0n) is 53.4. The van der Waals surface area contributed by atoms with Crippen LogP contribution < -0.4 is 0 Å². The van der Waals surface area contributed by atoms with Gasteiger partial charge in [-0.1, -0.05) is 152 Å². The number of carbonyl (C=O) groups is 8. The van der Waals surface area contributed by atoms with Crippen LogP contribution in [-0.2, 0) is 66.3 Å². The van der Waals surface area contributed by atoms with Crippen molar-refractivity contribution in [2.24, 2.45) is 0 Å². The molecule has 22 heteroatoms. The molecule has 0 aliphatic carbocycles. The molecular formula is C77H68O22. The van der Waals surface area contributed by atoms with E-state index >= 15 is 4.79 Å². The van der Waals surface area contributed by atoms with Crippen molar-refractivity contribution in [1.29, 1.82) is 0 Å². The van der Waals surface area contributed by atoms with Gasteiger partial charge in [-0.15, -0.1) is 6.58 Å². The number of hydrogen-bond donors (Lipinski definition) is 0. The van der Waals surface area contributed by atoms with Crippen LogP contribution in [0.1, 0.15) is 96.7 Å². The molecule has 99 heavy (non-hydrogen) atoms. The predicted molar refractivity (Wildman–Crippen MR) is 349 cm³/mol. The first-order valence-corrected chi connectivity index (χ1v) is 31.8.